The van der Waals surface area contributed by atoms with E-state index in [1.54, 1.807) is 11.3 Å². The fourth-order valence-electron chi connectivity index (χ4n) is 1.48. The Morgan fingerprint density at radius 2 is 2.20 bits per heavy atom. The summed E-state index contributed by atoms with van der Waals surface area (Å²) in [4.78, 5) is 7.62. The molecule has 0 radical (unpaired) electrons. The Kier molecular flexibility index (Phi) is 5.22. The highest BCUT2D eigenvalue weighted by atomic mass is 32.1. The molecule has 2 atom stereocenters. The zero-order valence-corrected chi connectivity index (χ0v) is 10.8. The van der Waals surface area contributed by atoms with Gasteiger partial charge in [-0.05, 0) is 40.9 Å². The highest BCUT2D eigenvalue weighted by Gasteiger charge is 2.10. The van der Waals surface area contributed by atoms with Crippen LogP contribution in [0.5, 0.6) is 0 Å². The van der Waals surface area contributed by atoms with Gasteiger partial charge in [-0.25, -0.2) is 0 Å². The molecule has 0 bridgehead atoms. The van der Waals surface area contributed by atoms with Crippen LogP contribution in [-0.2, 0) is 0 Å². The van der Waals surface area contributed by atoms with E-state index in [0.29, 0.717) is 12.1 Å². The third kappa shape index (κ3) is 4.73. The molecule has 3 nitrogen and oxygen atoms in total. The van der Waals surface area contributed by atoms with Gasteiger partial charge in [-0.3, -0.25) is 4.98 Å². The van der Waals surface area contributed by atoms with Gasteiger partial charge in [-0.2, -0.15) is 0 Å². The molecular formula is C11H21N3S. The average Bonchev–Trinajstić information content (AvgIpc) is 2.67. The minimum Gasteiger partial charge on any atom is -0.309 e. The predicted octanol–water partition coefficient (Wildman–Crippen LogP) is 2.13. The maximum atomic E-state index is 4.10. The van der Waals surface area contributed by atoms with Gasteiger partial charge in [0.25, 0.3) is 0 Å². The normalized spacial score (nSPS) is 15.5. The van der Waals surface area contributed by atoms with Gasteiger partial charge in [0, 0.05) is 23.2 Å². The zero-order chi connectivity index (χ0) is 11.3. The minimum atomic E-state index is 0.412. The quantitative estimate of drug-likeness (QED) is 0.807. The number of nitrogens with one attached hydrogen (secondary N) is 1. The van der Waals surface area contributed by atoms with Crippen molar-refractivity contribution in [3.05, 3.63) is 16.6 Å². The van der Waals surface area contributed by atoms with E-state index in [2.05, 4.69) is 43.1 Å². The van der Waals surface area contributed by atoms with Gasteiger partial charge < -0.3 is 10.2 Å². The molecule has 86 valence electrons. The Morgan fingerprint density at radius 3 is 2.73 bits per heavy atom. The van der Waals surface area contributed by atoms with Crippen LogP contribution < -0.4 is 5.32 Å². The lowest BCUT2D eigenvalue weighted by Gasteiger charge is -2.20. The Labute approximate surface area is 96.5 Å². The summed E-state index contributed by atoms with van der Waals surface area (Å²) in [6.07, 6.45) is 3.12. The molecule has 1 aromatic rings. The first-order valence-electron chi connectivity index (χ1n) is 5.38. The lowest BCUT2D eigenvalue weighted by atomic mass is 10.2. The third-order valence-electron chi connectivity index (χ3n) is 2.42. The van der Waals surface area contributed by atoms with Crippen molar-refractivity contribution < 1.29 is 0 Å². The molecule has 2 unspecified atom stereocenters. The van der Waals surface area contributed by atoms with Gasteiger partial charge in [0.1, 0.15) is 0 Å². The summed E-state index contributed by atoms with van der Waals surface area (Å²) in [5.41, 5.74) is 1.89. The summed E-state index contributed by atoms with van der Waals surface area (Å²) in [5, 5.41) is 3.58. The molecule has 0 aromatic carbocycles. The molecular weight excluding hydrogens is 206 g/mol. The molecule has 0 aliphatic rings. The van der Waals surface area contributed by atoms with E-state index in [9.17, 15) is 0 Å². The molecule has 1 N–H and O–H groups in total. The zero-order valence-electron chi connectivity index (χ0n) is 10.0. The van der Waals surface area contributed by atoms with E-state index in [4.69, 9.17) is 0 Å². The molecule has 15 heavy (non-hydrogen) atoms. The van der Waals surface area contributed by atoms with Crippen LogP contribution in [0.4, 0.5) is 0 Å². The number of hydrogen-bond donors (Lipinski definition) is 1. The molecule has 0 aliphatic carbocycles. The van der Waals surface area contributed by atoms with Crippen LogP contribution in [0.3, 0.4) is 0 Å². The smallest absolute Gasteiger partial charge is 0.0794 e. The number of hydrogen-bond acceptors (Lipinski definition) is 4. The average molecular weight is 227 g/mol. The van der Waals surface area contributed by atoms with Crippen molar-refractivity contribution >= 4 is 11.3 Å². The maximum absolute atomic E-state index is 4.10. The van der Waals surface area contributed by atoms with Gasteiger partial charge in [-0.1, -0.05) is 0 Å². The summed E-state index contributed by atoms with van der Waals surface area (Å²) in [6.45, 7) is 5.56. The van der Waals surface area contributed by atoms with E-state index in [1.807, 2.05) is 11.7 Å². The summed E-state index contributed by atoms with van der Waals surface area (Å²) in [6, 6.07) is 0.958. The highest BCUT2D eigenvalue weighted by Crippen LogP contribution is 2.17. The standard InChI is InChI=1S/C11H21N3S/c1-9(5-6-14(3)4)13-10(2)11-7-12-8-15-11/h7-10,13H,5-6H2,1-4H3. The van der Waals surface area contributed by atoms with Crippen LogP contribution >= 0.6 is 11.3 Å². The monoisotopic (exact) mass is 227 g/mol. The van der Waals surface area contributed by atoms with Gasteiger partial charge in [-0.15, -0.1) is 11.3 Å². The third-order valence-corrected chi connectivity index (χ3v) is 3.38. The second-order valence-corrected chi connectivity index (χ2v) is 5.20. The van der Waals surface area contributed by atoms with Crippen molar-refractivity contribution in [2.45, 2.75) is 32.4 Å². The molecule has 0 saturated carbocycles. The van der Waals surface area contributed by atoms with Crippen molar-refractivity contribution in [1.29, 1.82) is 0 Å². The van der Waals surface area contributed by atoms with Crippen molar-refractivity contribution in [1.82, 2.24) is 15.2 Å². The molecule has 0 aliphatic heterocycles. The number of nitrogens with zero attached hydrogens (tertiary/aromatic N) is 2. The Balaban J connectivity index is 2.28. The second-order valence-electron chi connectivity index (χ2n) is 4.29. The largest absolute Gasteiger partial charge is 0.309 e. The molecule has 1 rings (SSSR count). The molecule has 0 amide bonds. The number of rotatable bonds is 6. The topological polar surface area (TPSA) is 28.2 Å². The Bertz CT molecular complexity index is 259. The summed E-state index contributed by atoms with van der Waals surface area (Å²) < 4.78 is 0. The van der Waals surface area contributed by atoms with Gasteiger partial charge in [0.05, 0.1) is 5.51 Å². The van der Waals surface area contributed by atoms with E-state index < -0.39 is 0 Å². The summed E-state index contributed by atoms with van der Waals surface area (Å²) >= 11 is 1.71. The fraction of sp³-hybridized carbons (Fsp3) is 0.727. The molecule has 0 spiro atoms. The van der Waals surface area contributed by atoms with Crippen LogP contribution in [0.2, 0.25) is 0 Å². The van der Waals surface area contributed by atoms with Gasteiger partial charge in [0.15, 0.2) is 0 Å². The first-order chi connectivity index (χ1) is 7.09. The summed E-state index contributed by atoms with van der Waals surface area (Å²) in [5.74, 6) is 0. The minimum absolute atomic E-state index is 0.412. The maximum Gasteiger partial charge on any atom is 0.0794 e. The van der Waals surface area contributed by atoms with Crippen molar-refractivity contribution in [2.75, 3.05) is 20.6 Å². The van der Waals surface area contributed by atoms with Gasteiger partial charge in [0.2, 0.25) is 0 Å². The number of aromatic nitrogens is 1. The second kappa shape index (κ2) is 6.20. The molecule has 1 aromatic heterocycles. The summed E-state index contributed by atoms with van der Waals surface area (Å²) in [7, 11) is 4.22. The van der Waals surface area contributed by atoms with E-state index >= 15 is 0 Å². The lowest BCUT2D eigenvalue weighted by Crippen LogP contribution is -2.31. The molecule has 4 heteroatoms. The fourth-order valence-corrected chi connectivity index (χ4v) is 2.12. The van der Waals surface area contributed by atoms with Crippen molar-refractivity contribution in [3.63, 3.8) is 0 Å². The predicted molar refractivity (Wildman–Crippen MR) is 66.3 cm³/mol. The van der Waals surface area contributed by atoms with E-state index in [-0.39, 0.29) is 0 Å². The number of thiazole rings is 1. The Hall–Kier alpha value is -0.450. The first-order valence-corrected chi connectivity index (χ1v) is 6.26. The van der Waals surface area contributed by atoms with Gasteiger partial charge >= 0.3 is 0 Å². The first kappa shape index (κ1) is 12.6. The Morgan fingerprint density at radius 1 is 1.47 bits per heavy atom. The lowest BCUT2D eigenvalue weighted by molar-refractivity contribution is 0.355. The molecule has 1 heterocycles. The highest BCUT2D eigenvalue weighted by molar-refractivity contribution is 7.09. The van der Waals surface area contributed by atoms with E-state index in [0.717, 1.165) is 6.54 Å². The van der Waals surface area contributed by atoms with Crippen LogP contribution in [-0.4, -0.2) is 36.6 Å². The van der Waals surface area contributed by atoms with Crippen molar-refractivity contribution in [3.8, 4) is 0 Å². The van der Waals surface area contributed by atoms with Crippen LogP contribution in [0.25, 0.3) is 0 Å². The van der Waals surface area contributed by atoms with Crippen LogP contribution in [0, 0.1) is 0 Å². The van der Waals surface area contributed by atoms with Crippen molar-refractivity contribution in [2.24, 2.45) is 0 Å². The van der Waals surface area contributed by atoms with Crippen LogP contribution in [0.1, 0.15) is 31.2 Å². The van der Waals surface area contributed by atoms with Crippen LogP contribution in [0.15, 0.2) is 11.7 Å². The SMILES string of the molecule is CC(CCN(C)C)NC(C)c1cncs1. The molecule has 0 saturated heterocycles. The van der Waals surface area contributed by atoms with E-state index in [1.165, 1.54) is 11.3 Å². The molecule has 0 fully saturated rings.